The van der Waals surface area contributed by atoms with Gasteiger partial charge in [-0.15, -0.1) is 0 Å². The van der Waals surface area contributed by atoms with Crippen molar-refractivity contribution in [1.82, 2.24) is 4.90 Å². The fraction of sp³-hybridized carbons (Fsp3) is 0.941. The van der Waals surface area contributed by atoms with Crippen LogP contribution in [0.2, 0.25) is 18.1 Å². The van der Waals surface area contributed by atoms with Gasteiger partial charge in [-0.1, -0.05) is 20.8 Å². The standard InChI is InChI=1S/C17H32F3NO3Si/c1-15(2,3)24-14(22)21-10-12(17(18,19)20)9-13(21)11-23-25(7,8)16(4,5)6/h12-13H,9-11H2,1-8H3/t12-,13-/m0/s1. The Bertz CT molecular complexity index is 481. The minimum Gasteiger partial charge on any atom is -0.444 e. The summed E-state index contributed by atoms with van der Waals surface area (Å²) in [6.07, 6.45) is -5.17. The maximum absolute atomic E-state index is 13.2. The fourth-order valence-corrected chi connectivity index (χ4v) is 3.42. The Morgan fingerprint density at radius 2 is 1.64 bits per heavy atom. The van der Waals surface area contributed by atoms with E-state index in [2.05, 4.69) is 20.8 Å². The summed E-state index contributed by atoms with van der Waals surface area (Å²) in [5, 5.41) is -0.0498. The van der Waals surface area contributed by atoms with Crippen LogP contribution in [0.1, 0.15) is 48.0 Å². The third kappa shape index (κ3) is 6.16. The van der Waals surface area contributed by atoms with Crippen LogP contribution < -0.4 is 0 Å². The summed E-state index contributed by atoms with van der Waals surface area (Å²) in [4.78, 5) is 13.5. The number of ether oxygens (including phenoxy) is 1. The lowest BCUT2D eigenvalue weighted by Gasteiger charge is -2.38. The third-order valence-electron chi connectivity index (χ3n) is 4.95. The van der Waals surface area contributed by atoms with Crippen LogP contribution in [-0.4, -0.2) is 50.3 Å². The van der Waals surface area contributed by atoms with E-state index in [4.69, 9.17) is 9.16 Å². The SMILES string of the molecule is CC(C)(C)OC(=O)N1C[C@@H](C(F)(F)F)C[C@H]1CO[Si](C)(C)C(C)(C)C. The van der Waals surface area contributed by atoms with Crippen molar-refractivity contribution < 1.29 is 27.1 Å². The molecule has 1 amide bonds. The fourth-order valence-electron chi connectivity index (χ4n) is 2.38. The zero-order valence-electron chi connectivity index (χ0n) is 16.6. The zero-order valence-corrected chi connectivity index (χ0v) is 17.6. The van der Waals surface area contributed by atoms with Crippen LogP contribution in [0, 0.1) is 5.92 Å². The van der Waals surface area contributed by atoms with E-state index >= 15 is 0 Å². The molecule has 0 bridgehead atoms. The van der Waals surface area contributed by atoms with Gasteiger partial charge in [-0.05, 0) is 45.3 Å². The normalized spacial score (nSPS) is 23.1. The van der Waals surface area contributed by atoms with E-state index in [1.54, 1.807) is 20.8 Å². The molecule has 1 aliphatic heterocycles. The van der Waals surface area contributed by atoms with Gasteiger partial charge in [0.15, 0.2) is 8.32 Å². The van der Waals surface area contributed by atoms with Gasteiger partial charge in [-0.3, -0.25) is 0 Å². The van der Waals surface area contributed by atoms with Gasteiger partial charge in [0.05, 0.1) is 18.6 Å². The van der Waals surface area contributed by atoms with E-state index in [1.807, 2.05) is 13.1 Å². The number of amides is 1. The molecule has 148 valence electrons. The largest absolute Gasteiger partial charge is 0.444 e. The third-order valence-corrected chi connectivity index (χ3v) is 9.45. The Labute approximate surface area is 150 Å². The average Bonchev–Trinajstić information content (AvgIpc) is 2.76. The number of carbonyl (C=O) groups is 1. The second-order valence-electron chi connectivity index (χ2n) is 9.33. The van der Waals surface area contributed by atoms with Gasteiger partial charge in [-0.25, -0.2) is 4.79 Å². The van der Waals surface area contributed by atoms with Gasteiger partial charge >= 0.3 is 12.3 Å². The van der Waals surface area contributed by atoms with Crippen LogP contribution in [0.15, 0.2) is 0 Å². The highest BCUT2D eigenvalue weighted by Crippen LogP contribution is 2.40. The van der Waals surface area contributed by atoms with Gasteiger partial charge in [-0.2, -0.15) is 13.2 Å². The van der Waals surface area contributed by atoms with E-state index in [9.17, 15) is 18.0 Å². The number of alkyl halides is 3. The van der Waals surface area contributed by atoms with Crippen molar-refractivity contribution in [3.63, 3.8) is 0 Å². The van der Waals surface area contributed by atoms with Crippen molar-refractivity contribution in [2.24, 2.45) is 5.92 Å². The van der Waals surface area contributed by atoms with E-state index < -0.39 is 38.1 Å². The topological polar surface area (TPSA) is 38.8 Å². The monoisotopic (exact) mass is 383 g/mol. The molecule has 0 aliphatic carbocycles. The van der Waals surface area contributed by atoms with E-state index in [0.29, 0.717) is 0 Å². The molecular weight excluding hydrogens is 351 g/mol. The molecule has 1 rings (SSSR count). The lowest BCUT2D eigenvalue weighted by Crippen LogP contribution is -2.46. The van der Waals surface area contributed by atoms with Crippen molar-refractivity contribution in [3.8, 4) is 0 Å². The molecule has 4 nitrogen and oxygen atoms in total. The molecule has 1 heterocycles. The molecule has 0 unspecified atom stereocenters. The van der Waals surface area contributed by atoms with Crippen LogP contribution in [0.4, 0.5) is 18.0 Å². The molecule has 0 aromatic carbocycles. The maximum Gasteiger partial charge on any atom is 0.410 e. The summed E-state index contributed by atoms with van der Waals surface area (Å²) in [5.41, 5.74) is -0.752. The van der Waals surface area contributed by atoms with Crippen LogP contribution >= 0.6 is 0 Å². The van der Waals surface area contributed by atoms with Gasteiger partial charge in [0, 0.05) is 6.54 Å². The molecule has 0 aromatic rings. The summed E-state index contributed by atoms with van der Waals surface area (Å²) in [5.74, 6) is -1.53. The first kappa shape index (κ1) is 22.3. The first-order chi connectivity index (χ1) is 10.9. The molecule has 0 saturated carbocycles. The summed E-state index contributed by atoms with van der Waals surface area (Å²) < 4.78 is 50.8. The molecule has 1 aliphatic rings. The molecule has 0 spiro atoms. The number of carbonyl (C=O) groups excluding carboxylic acids is 1. The molecule has 0 radical (unpaired) electrons. The number of nitrogens with zero attached hydrogens (tertiary/aromatic N) is 1. The molecule has 25 heavy (non-hydrogen) atoms. The van der Waals surface area contributed by atoms with E-state index in [-0.39, 0.29) is 24.6 Å². The number of halogens is 3. The van der Waals surface area contributed by atoms with Gasteiger partial charge < -0.3 is 14.1 Å². The minimum atomic E-state index is -4.33. The van der Waals surface area contributed by atoms with Gasteiger partial charge in [0.2, 0.25) is 0 Å². The van der Waals surface area contributed by atoms with E-state index in [0.717, 1.165) is 0 Å². The average molecular weight is 384 g/mol. The highest BCUT2D eigenvalue weighted by molar-refractivity contribution is 6.74. The summed E-state index contributed by atoms with van der Waals surface area (Å²) >= 11 is 0. The Hall–Kier alpha value is -0.763. The Morgan fingerprint density at radius 3 is 2.04 bits per heavy atom. The summed E-state index contributed by atoms with van der Waals surface area (Å²) in [6.45, 7) is 15.1. The summed E-state index contributed by atoms with van der Waals surface area (Å²) in [6, 6.07) is -0.615. The second kappa shape index (κ2) is 7.10. The number of hydrogen-bond donors (Lipinski definition) is 0. The smallest absolute Gasteiger partial charge is 0.410 e. The Kier molecular flexibility index (Phi) is 6.32. The van der Waals surface area contributed by atoms with Crippen LogP contribution in [0.3, 0.4) is 0 Å². The first-order valence-corrected chi connectivity index (χ1v) is 11.6. The summed E-state index contributed by atoms with van der Waals surface area (Å²) in [7, 11) is -2.11. The van der Waals surface area contributed by atoms with E-state index in [1.165, 1.54) is 4.90 Å². The predicted molar refractivity (Wildman–Crippen MR) is 94.0 cm³/mol. The van der Waals surface area contributed by atoms with Crippen LogP contribution in [0.5, 0.6) is 0 Å². The second-order valence-corrected chi connectivity index (χ2v) is 14.1. The van der Waals surface area contributed by atoms with Crippen molar-refractivity contribution in [2.75, 3.05) is 13.2 Å². The number of likely N-dealkylation sites (tertiary alicyclic amines) is 1. The molecule has 8 heteroatoms. The quantitative estimate of drug-likeness (QED) is 0.629. The maximum atomic E-state index is 13.2. The Balaban J connectivity index is 2.90. The predicted octanol–water partition coefficient (Wildman–Crippen LogP) is 5.20. The number of hydrogen-bond acceptors (Lipinski definition) is 3. The molecule has 1 saturated heterocycles. The van der Waals surface area contributed by atoms with Crippen molar-refractivity contribution in [3.05, 3.63) is 0 Å². The first-order valence-electron chi connectivity index (χ1n) is 8.64. The lowest BCUT2D eigenvalue weighted by atomic mass is 10.1. The van der Waals surface area contributed by atoms with Gasteiger partial charge in [0.1, 0.15) is 5.60 Å². The molecule has 0 N–H and O–H groups in total. The van der Waals surface area contributed by atoms with Crippen molar-refractivity contribution >= 4 is 14.4 Å². The lowest BCUT2D eigenvalue weighted by molar-refractivity contribution is -0.170. The highest BCUT2D eigenvalue weighted by Gasteiger charge is 2.50. The molecule has 0 aromatic heterocycles. The van der Waals surface area contributed by atoms with Crippen LogP contribution in [-0.2, 0) is 9.16 Å². The minimum absolute atomic E-state index is 0.0498. The van der Waals surface area contributed by atoms with Gasteiger partial charge in [0.25, 0.3) is 0 Å². The van der Waals surface area contributed by atoms with Crippen LogP contribution in [0.25, 0.3) is 0 Å². The highest BCUT2D eigenvalue weighted by atomic mass is 28.4. The Morgan fingerprint density at radius 1 is 1.12 bits per heavy atom. The molecular formula is C17H32F3NO3Si. The molecule has 2 atom stereocenters. The molecule has 1 fully saturated rings. The zero-order chi connectivity index (χ0) is 19.8. The van der Waals surface area contributed by atoms with Crippen molar-refractivity contribution in [1.29, 1.82) is 0 Å². The number of rotatable bonds is 3. The van der Waals surface area contributed by atoms with Crippen molar-refractivity contribution in [2.45, 2.75) is 83.9 Å².